The monoisotopic (exact) mass is 258 g/mol. The molecular formula is C13H20F2N2O. The Morgan fingerprint density at radius 1 is 1.33 bits per heavy atom. The number of likely N-dealkylation sites (N-methyl/N-ethyl adjacent to an activating group) is 1. The van der Waals surface area contributed by atoms with Crippen LogP contribution in [-0.4, -0.2) is 31.3 Å². The van der Waals surface area contributed by atoms with Crippen molar-refractivity contribution in [3.8, 4) is 0 Å². The van der Waals surface area contributed by atoms with E-state index in [9.17, 15) is 13.9 Å². The second-order valence-electron chi connectivity index (χ2n) is 4.42. The van der Waals surface area contributed by atoms with Crippen LogP contribution < -0.4 is 10.2 Å². The second-order valence-corrected chi connectivity index (χ2v) is 4.42. The van der Waals surface area contributed by atoms with Crippen LogP contribution in [0.25, 0.3) is 0 Å². The minimum absolute atomic E-state index is 0.101. The molecule has 0 fully saturated rings. The van der Waals surface area contributed by atoms with Crippen molar-refractivity contribution in [2.75, 3.05) is 25.0 Å². The number of hydrogen-bond acceptors (Lipinski definition) is 3. The number of nitrogens with one attached hydrogen (secondary N) is 1. The number of aliphatic hydroxyl groups is 1. The molecule has 0 saturated carbocycles. The largest absolute Gasteiger partial charge is 0.392 e. The Hall–Kier alpha value is -1.20. The fraction of sp³-hybridized carbons (Fsp3) is 0.538. The Balaban J connectivity index is 2.93. The lowest BCUT2D eigenvalue weighted by atomic mass is 10.1. The maximum atomic E-state index is 13.8. The van der Waals surface area contributed by atoms with E-state index in [0.717, 1.165) is 6.54 Å². The first kappa shape index (κ1) is 14.9. The molecule has 0 aliphatic heterocycles. The molecule has 0 aromatic heterocycles. The van der Waals surface area contributed by atoms with Crippen LogP contribution in [0.1, 0.15) is 19.4 Å². The van der Waals surface area contributed by atoms with Crippen LogP contribution in [0.2, 0.25) is 0 Å². The SMILES string of the molecule is CCNCc1cc(F)c(N(C)CC(C)O)c(F)c1. The number of nitrogens with zero attached hydrogens (tertiary/aromatic N) is 1. The molecule has 0 amide bonds. The summed E-state index contributed by atoms with van der Waals surface area (Å²) in [6.45, 7) is 4.86. The zero-order chi connectivity index (χ0) is 13.7. The van der Waals surface area contributed by atoms with Gasteiger partial charge in [0.05, 0.1) is 6.10 Å². The minimum atomic E-state index is -0.643. The number of benzene rings is 1. The van der Waals surface area contributed by atoms with Crippen LogP contribution >= 0.6 is 0 Å². The molecule has 1 aromatic carbocycles. The molecule has 102 valence electrons. The van der Waals surface area contributed by atoms with Gasteiger partial charge in [0.25, 0.3) is 0 Å². The predicted octanol–water partition coefficient (Wildman–Crippen LogP) is 1.89. The number of hydrogen-bond donors (Lipinski definition) is 2. The number of rotatable bonds is 6. The van der Waals surface area contributed by atoms with Crippen LogP contribution in [-0.2, 0) is 6.54 Å². The smallest absolute Gasteiger partial charge is 0.149 e. The number of aliphatic hydroxyl groups excluding tert-OH is 1. The normalized spacial score (nSPS) is 12.6. The van der Waals surface area contributed by atoms with Crippen molar-refractivity contribution in [3.05, 3.63) is 29.3 Å². The van der Waals surface area contributed by atoms with E-state index in [4.69, 9.17) is 0 Å². The Kier molecular flexibility index (Phi) is 5.50. The van der Waals surface area contributed by atoms with Gasteiger partial charge in [-0.2, -0.15) is 0 Å². The Bertz CT molecular complexity index is 374. The summed E-state index contributed by atoms with van der Waals surface area (Å²) in [4.78, 5) is 1.38. The molecule has 1 rings (SSSR count). The third-order valence-corrected chi connectivity index (χ3v) is 2.58. The summed E-state index contributed by atoms with van der Waals surface area (Å²) in [6, 6.07) is 2.64. The van der Waals surface area contributed by atoms with E-state index < -0.39 is 17.7 Å². The molecule has 0 saturated heterocycles. The summed E-state index contributed by atoms with van der Waals surface area (Å²) < 4.78 is 27.7. The highest BCUT2D eigenvalue weighted by Gasteiger charge is 2.16. The highest BCUT2D eigenvalue weighted by Crippen LogP contribution is 2.24. The molecule has 0 heterocycles. The average molecular weight is 258 g/mol. The Labute approximate surface area is 106 Å². The van der Waals surface area contributed by atoms with Crippen LogP contribution in [0.5, 0.6) is 0 Å². The molecule has 1 unspecified atom stereocenters. The first-order valence-corrected chi connectivity index (χ1v) is 6.03. The summed E-state index contributed by atoms with van der Waals surface area (Å²) in [7, 11) is 1.55. The molecule has 0 aliphatic rings. The van der Waals surface area contributed by atoms with Crippen molar-refractivity contribution in [2.45, 2.75) is 26.5 Å². The molecular weight excluding hydrogens is 238 g/mol. The van der Waals surface area contributed by atoms with E-state index in [1.54, 1.807) is 14.0 Å². The van der Waals surface area contributed by atoms with Gasteiger partial charge in [0.1, 0.15) is 17.3 Å². The third kappa shape index (κ3) is 3.92. The van der Waals surface area contributed by atoms with E-state index in [1.165, 1.54) is 17.0 Å². The van der Waals surface area contributed by atoms with E-state index in [0.29, 0.717) is 12.1 Å². The van der Waals surface area contributed by atoms with Gasteiger partial charge in [0.2, 0.25) is 0 Å². The van der Waals surface area contributed by atoms with Crippen molar-refractivity contribution in [2.24, 2.45) is 0 Å². The Morgan fingerprint density at radius 2 is 1.89 bits per heavy atom. The molecule has 1 atom stereocenters. The predicted molar refractivity (Wildman–Crippen MR) is 68.7 cm³/mol. The van der Waals surface area contributed by atoms with Gasteiger partial charge < -0.3 is 15.3 Å². The molecule has 5 heteroatoms. The zero-order valence-electron chi connectivity index (χ0n) is 11.0. The lowest BCUT2D eigenvalue weighted by Crippen LogP contribution is -2.28. The van der Waals surface area contributed by atoms with E-state index in [-0.39, 0.29) is 12.2 Å². The number of anilines is 1. The van der Waals surface area contributed by atoms with Gasteiger partial charge in [-0.3, -0.25) is 0 Å². The molecule has 18 heavy (non-hydrogen) atoms. The van der Waals surface area contributed by atoms with Crippen LogP contribution in [0, 0.1) is 11.6 Å². The molecule has 1 aromatic rings. The molecule has 2 N–H and O–H groups in total. The maximum Gasteiger partial charge on any atom is 0.149 e. The summed E-state index contributed by atoms with van der Waals surface area (Å²) in [5, 5.41) is 12.3. The highest BCUT2D eigenvalue weighted by atomic mass is 19.1. The Morgan fingerprint density at radius 3 is 2.33 bits per heavy atom. The topological polar surface area (TPSA) is 35.5 Å². The van der Waals surface area contributed by atoms with Gasteiger partial charge in [0, 0.05) is 20.1 Å². The van der Waals surface area contributed by atoms with Crippen molar-refractivity contribution in [3.63, 3.8) is 0 Å². The van der Waals surface area contributed by atoms with Crippen LogP contribution in [0.3, 0.4) is 0 Å². The maximum absolute atomic E-state index is 13.8. The van der Waals surface area contributed by atoms with Gasteiger partial charge >= 0.3 is 0 Å². The van der Waals surface area contributed by atoms with Gasteiger partial charge in [-0.15, -0.1) is 0 Å². The minimum Gasteiger partial charge on any atom is -0.392 e. The lowest BCUT2D eigenvalue weighted by Gasteiger charge is -2.22. The quantitative estimate of drug-likeness (QED) is 0.818. The summed E-state index contributed by atoms with van der Waals surface area (Å²) in [6.07, 6.45) is -0.643. The average Bonchev–Trinajstić information content (AvgIpc) is 2.24. The molecule has 3 nitrogen and oxygen atoms in total. The van der Waals surface area contributed by atoms with Gasteiger partial charge in [-0.05, 0) is 31.2 Å². The molecule has 0 spiro atoms. The van der Waals surface area contributed by atoms with E-state index in [1.807, 2.05) is 6.92 Å². The summed E-state index contributed by atoms with van der Waals surface area (Å²) in [5.74, 6) is -1.21. The standard InChI is InChI=1S/C13H20F2N2O/c1-4-16-7-10-5-11(14)13(12(15)6-10)17(3)8-9(2)18/h5-6,9,16,18H,4,7-8H2,1-3H3. The van der Waals surface area contributed by atoms with Crippen molar-refractivity contribution < 1.29 is 13.9 Å². The van der Waals surface area contributed by atoms with Crippen LogP contribution in [0.15, 0.2) is 12.1 Å². The lowest BCUT2D eigenvalue weighted by molar-refractivity contribution is 0.201. The number of halogens is 2. The highest BCUT2D eigenvalue weighted by molar-refractivity contribution is 5.50. The van der Waals surface area contributed by atoms with Gasteiger partial charge in [0.15, 0.2) is 0 Å². The van der Waals surface area contributed by atoms with Gasteiger partial charge in [-0.1, -0.05) is 6.92 Å². The summed E-state index contributed by atoms with van der Waals surface area (Å²) >= 11 is 0. The fourth-order valence-corrected chi connectivity index (χ4v) is 1.84. The fourth-order valence-electron chi connectivity index (χ4n) is 1.84. The van der Waals surface area contributed by atoms with Crippen molar-refractivity contribution in [1.29, 1.82) is 0 Å². The van der Waals surface area contributed by atoms with Crippen molar-refractivity contribution >= 4 is 5.69 Å². The van der Waals surface area contributed by atoms with E-state index in [2.05, 4.69) is 5.32 Å². The first-order valence-electron chi connectivity index (χ1n) is 6.03. The second kappa shape index (κ2) is 6.66. The zero-order valence-corrected chi connectivity index (χ0v) is 11.0. The molecule has 0 aliphatic carbocycles. The third-order valence-electron chi connectivity index (χ3n) is 2.58. The summed E-state index contributed by atoms with van der Waals surface area (Å²) in [5.41, 5.74) is 0.470. The van der Waals surface area contributed by atoms with E-state index >= 15 is 0 Å². The first-order chi connectivity index (χ1) is 8.45. The van der Waals surface area contributed by atoms with Crippen LogP contribution in [0.4, 0.5) is 14.5 Å². The molecule has 0 radical (unpaired) electrons. The molecule has 0 bridgehead atoms. The van der Waals surface area contributed by atoms with Crippen molar-refractivity contribution in [1.82, 2.24) is 5.32 Å². The van der Waals surface area contributed by atoms with Gasteiger partial charge in [-0.25, -0.2) is 8.78 Å².